The van der Waals surface area contributed by atoms with E-state index < -0.39 is 15.8 Å². The van der Waals surface area contributed by atoms with E-state index in [4.69, 9.17) is 4.74 Å². The topological polar surface area (TPSA) is 113 Å². The second-order valence-electron chi connectivity index (χ2n) is 4.72. The Morgan fingerprint density at radius 3 is 2.29 bits per heavy atom. The van der Waals surface area contributed by atoms with Crippen LogP contribution in [0, 0.1) is 20.2 Å². The van der Waals surface area contributed by atoms with Crippen LogP contribution in [0.25, 0.3) is 6.08 Å². The van der Waals surface area contributed by atoms with Gasteiger partial charge in [-0.1, -0.05) is 24.3 Å². The molecule has 0 amide bonds. The molecule has 8 nitrogen and oxygen atoms in total. The second kappa shape index (κ2) is 7.63. The van der Waals surface area contributed by atoms with E-state index in [2.05, 4.69) is 0 Å². The molecule has 0 fully saturated rings. The number of ether oxygens (including phenoxy) is 1. The summed E-state index contributed by atoms with van der Waals surface area (Å²) in [6.07, 6.45) is 2.53. The van der Waals surface area contributed by atoms with Gasteiger partial charge in [-0.2, -0.15) is 0 Å². The Balaban J connectivity index is 1.96. The first-order valence-corrected chi connectivity index (χ1v) is 6.78. The molecular weight excluding hydrogens is 316 g/mol. The second-order valence-corrected chi connectivity index (χ2v) is 4.72. The smallest absolute Gasteiger partial charge is 0.331 e. The fraction of sp³-hybridized carbons (Fsp3) is 0.0625. The molecule has 8 heteroatoms. The van der Waals surface area contributed by atoms with Gasteiger partial charge in [0.25, 0.3) is 11.4 Å². The Bertz CT molecular complexity index is 816. The van der Waals surface area contributed by atoms with Gasteiger partial charge < -0.3 is 4.74 Å². The third-order valence-corrected chi connectivity index (χ3v) is 3.00. The van der Waals surface area contributed by atoms with Gasteiger partial charge >= 0.3 is 5.97 Å². The fourth-order valence-electron chi connectivity index (χ4n) is 1.87. The summed E-state index contributed by atoms with van der Waals surface area (Å²) in [5, 5.41) is 21.3. The normalized spacial score (nSPS) is 10.5. The molecule has 0 saturated heterocycles. The van der Waals surface area contributed by atoms with E-state index in [0.717, 1.165) is 6.08 Å². The number of non-ortho nitro benzene ring substituents is 2. The number of rotatable bonds is 6. The molecule has 2 aromatic rings. The zero-order valence-electron chi connectivity index (χ0n) is 12.3. The molecular formula is C16H12N2O6. The van der Waals surface area contributed by atoms with Crippen molar-refractivity contribution in [2.75, 3.05) is 0 Å². The minimum atomic E-state index is -0.659. The lowest BCUT2D eigenvalue weighted by Gasteiger charge is -2.02. The average Bonchev–Trinajstić information content (AvgIpc) is 2.58. The highest BCUT2D eigenvalue weighted by Gasteiger charge is 2.07. The van der Waals surface area contributed by atoms with E-state index >= 15 is 0 Å². The summed E-state index contributed by atoms with van der Waals surface area (Å²) in [6.45, 7) is -0.111. The van der Waals surface area contributed by atoms with Crippen molar-refractivity contribution >= 4 is 23.4 Å². The van der Waals surface area contributed by atoms with Crippen molar-refractivity contribution < 1.29 is 19.4 Å². The molecule has 122 valence electrons. The van der Waals surface area contributed by atoms with Crippen molar-refractivity contribution in [3.63, 3.8) is 0 Å². The lowest BCUT2D eigenvalue weighted by molar-refractivity contribution is -0.385. The van der Waals surface area contributed by atoms with Crippen molar-refractivity contribution in [1.29, 1.82) is 0 Å². The number of hydrogen-bond acceptors (Lipinski definition) is 6. The molecule has 2 aromatic carbocycles. The van der Waals surface area contributed by atoms with Crippen LogP contribution in [-0.2, 0) is 16.1 Å². The summed E-state index contributed by atoms with van der Waals surface area (Å²) in [6, 6.07) is 11.5. The van der Waals surface area contributed by atoms with E-state index in [-0.39, 0.29) is 18.0 Å². The molecule has 0 heterocycles. The lowest BCUT2D eigenvalue weighted by atomic mass is 10.2. The van der Waals surface area contributed by atoms with Crippen LogP contribution in [0.3, 0.4) is 0 Å². The maximum atomic E-state index is 11.7. The molecule has 0 bridgehead atoms. The van der Waals surface area contributed by atoms with Gasteiger partial charge in [-0.25, -0.2) is 4.79 Å². The SMILES string of the molecule is O=C(C=Cc1cccc([N+](=O)[O-])c1)OCc1cccc([N+](=O)[O-])c1. The highest BCUT2D eigenvalue weighted by atomic mass is 16.6. The molecule has 2 rings (SSSR count). The van der Waals surface area contributed by atoms with Gasteiger partial charge in [-0.05, 0) is 17.2 Å². The zero-order valence-corrected chi connectivity index (χ0v) is 12.3. The largest absolute Gasteiger partial charge is 0.458 e. The minimum Gasteiger partial charge on any atom is -0.458 e. The van der Waals surface area contributed by atoms with Crippen molar-refractivity contribution in [2.45, 2.75) is 6.61 Å². The monoisotopic (exact) mass is 328 g/mol. The molecule has 0 radical (unpaired) electrons. The standard InChI is InChI=1S/C16H12N2O6/c19-16(8-7-12-3-1-5-14(9-12)17(20)21)24-11-13-4-2-6-15(10-13)18(22)23/h1-10H,11H2. The minimum absolute atomic E-state index is 0.0814. The van der Waals surface area contributed by atoms with Gasteiger partial charge in [0.2, 0.25) is 0 Å². The summed E-state index contributed by atoms with van der Waals surface area (Å²) < 4.78 is 4.98. The average molecular weight is 328 g/mol. The highest BCUT2D eigenvalue weighted by molar-refractivity contribution is 5.87. The third-order valence-electron chi connectivity index (χ3n) is 3.00. The Hall–Kier alpha value is -3.55. The molecule has 0 atom stereocenters. The fourth-order valence-corrected chi connectivity index (χ4v) is 1.87. The Morgan fingerprint density at radius 1 is 1.00 bits per heavy atom. The van der Waals surface area contributed by atoms with Gasteiger partial charge in [0, 0.05) is 30.3 Å². The molecule has 0 aliphatic rings. The molecule has 0 aromatic heterocycles. The van der Waals surface area contributed by atoms with Crippen LogP contribution in [0.5, 0.6) is 0 Å². The number of nitro groups is 2. The maximum absolute atomic E-state index is 11.7. The number of benzene rings is 2. The third kappa shape index (κ3) is 4.73. The van der Waals surface area contributed by atoms with E-state index in [1.807, 2.05) is 0 Å². The Morgan fingerprint density at radius 2 is 1.62 bits per heavy atom. The molecule has 24 heavy (non-hydrogen) atoms. The van der Waals surface area contributed by atoms with Crippen molar-refractivity contribution in [2.24, 2.45) is 0 Å². The van der Waals surface area contributed by atoms with Crippen LogP contribution in [0.4, 0.5) is 11.4 Å². The Labute approximate surface area is 136 Å². The van der Waals surface area contributed by atoms with Crippen LogP contribution < -0.4 is 0 Å². The van der Waals surface area contributed by atoms with Crippen molar-refractivity contribution in [3.8, 4) is 0 Å². The number of nitrogens with zero attached hydrogens (tertiary/aromatic N) is 2. The zero-order chi connectivity index (χ0) is 17.5. The van der Waals surface area contributed by atoms with E-state index in [1.54, 1.807) is 12.1 Å². The number of hydrogen-bond donors (Lipinski definition) is 0. The quantitative estimate of drug-likeness (QED) is 0.348. The lowest BCUT2D eigenvalue weighted by Crippen LogP contribution is -2.01. The van der Waals surface area contributed by atoms with Crippen molar-refractivity contribution in [1.82, 2.24) is 0 Å². The van der Waals surface area contributed by atoms with Gasteiger partial charge in [0.1, 0.15) is 6.61 Å². The van der Waals surface area contributed by atoms with Crippen LogP contribution in [0.2, 0.25) is 0 Å². The first kappa shape index (κ1) is 16.8. The van der Waals surface area contributed by atoms with Gasteiger partial charge in [-0.15, -0.1) is 0 Å². The maximum Gasteiger partial charge on any atom is 0.331 e. The van der Waals surface area contributed by atoms with E-state index in [9.17, 15) is 25.0 Å². The molecule has 0 spiro atoms. The van der Waals surface area contributed by atoms with Crippen LogP contribution in [0.1, 0.15) is 11.1 Å². The van der Waals surface area contributed by atoms with Crippen molar-refractivity contribution in [3.05, 3.63) is 86.0 Å². The summed E-state index contributed by atoms with van der Waals surface area (Å²) in [5.74, 6) is -0.659. The molecule has 0 unspecified atom stereocenters. The number of carbonyl (C=O) groups is 1. The summed E-state index contributed by atoms with van der Waals surface area (Å²) in [4.78, 5) is 31.9. The predicted molar refractivity (Wildman–Crippen MR) is 85.0 cm³/mol. The first-order chi connectivity index (χ1) is 11.5. The Kier molecular flexibility index (Phi) is 5.35. The van der Waals surface area contributed by atoms with Crippen LogP contribution in [0.15, 0.2) is 54.6 Å². The van der Waals surface area contributed by atoms with Crippen LogP contribution in [-0.4, -0.2) is 15.8 Å². The van der Waals surface area contributed by atoms with Gasteiger partial charge in [-0.3, -0.25) is 20.2 Å². The molecule has 0 N–H and O–H groups in total. The summed E-state index contributed by atoms with van der Waals surface area (Å²) >= 11 is 0. The van der Waals surface area contributed by atoms with Gasteiger partial charge in [0.05, 0.1) is 9.85 Å². The van der Waals surface area contributed by atoms with Crippen LogP contribution >= 0.6 is 0 Å². The first-order valence-electron chi connectivity index (χ1n) is 6.78. The number of esters is 1. The van der Waals surface area contributed by atoms with E-state index in [1.165, 1.54) is 42.5 Å². The molecule has 0 saturated carbocycles. The number of carbonyl (C=O) groups excluding carboxylic acids is 1. The number of nitro benzene ring substituents is 2. The summed E-state index contributed by atoms with van der Waals surface area (Å²) in [7, 11) is 0. The predicted octanol–water partition coefficient (Wildman–Crippen LogP) is 3.26. The highest BCUT2D eigenvalue weighted by Crippen LogP contribution is 2.15. The summed E-state index contributed by atoms with van der Waals surface area (Å²) in [5.41, 5.74) is 0.801. The molecule has 0 aliphatic carbocycles. The van der Waals surface area contributed by atoms with E-state index in [0.29, 0.717) is 11.1 Å². The van der Waals surface area contributed by atoms with Gasteiger partial charge in [0.15, 0.2) is 0 Å². The molecule has 0 aliphatic heterocycles.